The average molecular weight is 303 g/mol. The van der Waals surface area contributed by atoms with Crippen LogP contribution in [0.1, 0.15) is 18.1 Å². The molecule has 4 heteroatoms. The van der Waals surface area contributed by atoms with Crippen LogP contribution in [0.15, 0.2) is 41.3 Å². The van der Waals surface area contributed by atoms with E-state index in [1.54, 1.807) is 11.8 Å². The zero-order valence-electron chi connectivity index (χ0n) is 11.4. The Hall–Kier alpha value is -1.63. The summed E-state index contributed by atoms with van der Waals surface area (Å²) in [5, 5.41) is 13.4. The monoisotopic (exact) mass is 302 g/mol. The number of hydrogen-bond acceptors (Lipinski definition) is 3. The molecule has 20 heavy (non-hydrogen) atoms. The molecule has 0 amide bonds. The molecule has 0 bridgehead atoms. The summed E-state index contributed by atoms with van der Waals surface area (Å²) in [5.41, 5.74) is 3.41. The number of nitriles is 1. The molecule has 0 unspecified atom stereocenters. The maximum atomic E-state index is 9.37. The van der Waals surface area contributed by atoms with Crippen molar-refractivity contribution < 1.29 is 0 Å². The van der Waals surface area contributed by atoms with Crippen LogP contribution in [0.3, 0.4) is 0 Å². The second-order valence-electron chi connectivity index (χ2n) is 4.31. The number of nitrogens with one attached hydrogen (secondary N) is 1. The number of thioether (sulfide) groups is 1. The number of rotatable bonds is 4. The van der Waals surface area contributed by atoms with Gasteiger partial charge in [0.25, 0.3) is 0 Å². The summed E-state index contributed by atoms with van der Waals surface area (Å²) in [6.07, 6.45) is 0. The minimum Gasteiger partial charge on any atom is -0.354 e. The van der Waals surface area contributed by atoms with Crippen LogP contribution < -0.4 is 5.32 Å². The van der Waals surface area contributed by atoms with Gasteiger partial charge in [0.05, 0.1) is 11.3 Å². The normalized spacial score (nSPS) is 10.1. The molecule has 102 valence electrons. The quantitative estimate of drug-likeness (QED) is 0.771. The summed E-state index contributed by atoms with van der Waals surface area (Å²) in [6.45, 7) is 4.04. The highest BCUT2D eigenvalue weighted by atomic mass is 35.5. The van der Waals surface area contributed by atoms with Crippen LogP contribution in [-0.4, -0.2) is 5.75 Å². The highest BCUT2D eigenvalue weighted by Crippen LogP contribution is 2.30. The van der Waals surface area contributed by atoms with E-state index in [0.717, 1.165) is 27.6 Å². The van der Waals surface area contributed by atoms with Crippen molar-refractivity contribution in [3.05, 3.63) is 52.5 Å². The van der Waals surface area contributed by atoms with Crippen molar-refractivity contribution >= 4 is 34.7 Å². The predicted octanol–water partition coefficient (Wildman–Crippen LogP) is 5.38. The smallest absolute Gasteiger partial charge is 0.103 e. The van der Waals surface area contributed by atoms with Gasteiger partial charge in [-0.05, 0) is 42.5 Å². The Kier molecular flexibility index (Phi) is 4.94. The molecule has 0 spiro atoms. The van der Waals surface area contributed by atoms with Crippen LogP contribution in [0, 0.1) is 18.3 Å². The third kappa shape index (κ3) is 3.27. The first kappa shape index (κ1) is 14.8. The van der Waals surface area contributed by atoms with Crippen LogP contribution in [-0.2, 0) is 0 Å². The van der Waals surface area contributed by atoms with Crippen LogP contribution in [0.4, 0.5) is 11.4 Å². The lowest BCUT2D eigenvalue weighted by atomic mass is 10.1. The summed E-state index contributed by atoms with van der Waals surface area (Å²) in [6, 6.07) is 13.9. The lowest BCUT2D eigenvalue weighted by Gasteiger charge is -2.12. The molecule has 0 saturated carbocycles. The fraction of sp³-hybridized carbons (Fsp3) is 0.188. The fourth-order valence-electron chi connectivity index (χ4n) is 1.85. The van der Waals surface area contributed by atoms with Gasteiger partial charge in [0.1, 0.15) is 6.07 Å². The van der Waals surface area contributed by atoms with Crippen LogP contribution in [0.25, 0.3) is 0 Å². The minimum absolute atomic E-state index is 0.677. The van der Waals surface area contributed by atoms with Crippen molar-refractivity contribution in [2.24, 2.45) is 0 Å². The van der Waals surface area contributed by atoms with Crippen LogP contribution >= 0.6 is 23.4 Å². The SMILES string of the molecule is CCSc1cccc(Nc2ccc(C)c(Cl)c2)c1C#N. The Labute approximate surface area is 128 Å². The van der Waals surface area contributed by atoms with Gasteiger partial charge in [-0.2, -0.15) is 5.26 Å². The zero-order chi connectivity index (χ0) is 14.5. The van der Waals surface area contributed by atoms with Crippen molar-refractivity contribution in [3.63, 3.8) is 0 Å². The number of anilines is 2. The molecule has 0 aliphatic rings. The van der Waals surface area contributed by atoms with Gasteiger partial charge in [0.15, 0.2) is 0 Å². The summed E-state index contributed by atoms with van der Waals surface area (Å²) >= 11 is 7.79. The molecule has 1 N–H and O–H groups in total. The largest absolute Gasteiger partial charge is 0.354 e. The molecule has 2 nitrogen and oxygen atoms in total. The summed E-state index contributed by atoms with van der Waals surface area (Å²) in [5.74, 6) is 0.939. The zero-order valence-corrected chi connectivity index (χ0v) is 13.0. The van der Waals surface area contributed by atoms with Crippen LogP contribution in [0.2, 0.25) is 5.02 Å². The Bertz CT molecular complexity index is 662. The fourth-order valence-corrected chi connectivity index (χ4v) is 2.82. The molecular formula is C16H15ClN2S. The van der Waals surface area contributed by atoms with E-state index in [9.17, 15) is 5.26 Å². The van der Waals surface area contributed by atoms with Gasteiger partial charge in [-0.3, -0.25) is 0 Å². The molecule has 0 radical (unpaired) electrons. The summed E-state index contributed by atoms with van der Waals surface area (Å²) < 4.78 is 0. The third-order valence-electron chi connectivity index (χ3n) is 2.89. The van der Waals surface area contributed by atoms with Gasteiger partial charge in [0, 0.05) is 15.6 Å². The molecule has 0 saturated heterocycles. The summed E-state index contributed by atoms with van der Waals surface area (Å²) in [4.78, 5) is 0.998. The second-order valence-corrected chi connectivity index (χ2v) is 6.03. The first-order valence-corrected chi connectivity index (χ1v) is 7.71. The van der Waals surface area contributed by atoms with E-state index in [4.69, 9.17) is 11.6 Å². The predicted molar refractivity (Wildman–Crippen MR) is 87.0 cm³/mol. The number of aryl methyl sites for hydroxylation is 1. The number of benzene rings is 2. The average Bonchev–Trinajstić information content (AvgIpc) is 2.44. The third-order valence-corrected chi connectivity index (χ3v) is 4.24. The van der Waals surface area contributed by atoms with Crippen molar-refractivity contribution in [1.29, 1.82) is 5.26 Å². The lowest BCUT2D eigenvalue weighted by Crippen LogP contribution is -1.95. The number of hydrogen-bond donors (Lipinski definition) is 1. The highest BCUT2D eigenvalue weighted by Gasteiger charge is 2.08. The van der Waals surface area contributed by atoms with E-state index in [-0.39, 0.29) is 0 Å². The van der Waals surface area contributed by atoms with E-state index in [1.807, 2.05) is 43.3 Å². The van der Waals surface area contributed by atoms with Gasteiger partial charge in [-0.25, -0.2) is 0 Å². The molecule has 2 aromatic carbocycles. The first-order valence-electron chi connectivity index (χ1n) is 6.34. The van der Waals surface area contributed by atoms with E-state index < -0.39 is 0 Å². The first-order chi connectivity index (χ1) is 9.65. The molecular weight excluding hydrogens is 288 g/mol. The number of halogens is 1. The molecule has 0 aliphatic heterocycles. The van der Waals surface area contributed by atoms with Gasteiger partial charge in [-0.1, -0.05) is 30.7 Å². The maximum absolute atomic E-state index is 9.37. The van der Waals surface area contributed by atoms with E-state index >= 15 is 0 Å². The van der Waals surface area contributed by atoms with Crippen molar-refractivity contribution in [1.82, 2.24) is 0 Å². The number of nitrogens with zero attached hydrogens (tertiary/aromatic N) is 1. The standard InChI is InChI=1S/C16H15ClN2S/c1-3-20-16-6-4-5-15(13(16)10-18)19-12-8-7-11(2)14(17)9-12/h4-9,19H,3H2,1-2H3. The van der Waals surface area contributed by atoms with Crippen molar-refractivity contribution in [2.75, 3.05) is 11.1 Å². The maximum Gasteiger partial charge on any atom is 0.103 e. The molecule has 2 aromatic rings. The Morgan fingerprint density at radius 3 is 2.75 bits per heavy atom. The van der Waals surface area contributed by atoms with Crippen molar-refractivity contribution in [3.8, 4) is 6.07 Å². The van der Waals surface area contributed by atoms with Crippen LogP contribution in [0.5, 0.6) is 0 Å². The van der Waals surface area contributed by atoms with Gasteiger partial charge < -0.3 is 5.32 Å². The second kappa shape index (κ2) is 6.69. The van der Waals surface area contributed by atoms with Gasteiger partial charge in [0.2, 0.25) is 0 Å². The Morgan fingerprint density at radius 2 is 2.10 bits per heavy atom. The Morgan fingerprint density at radius 1 is 1.30 bits per heavy atom. The topological polar surface area (TPSA) is 35.8 Å². The molecule has 0 fully saturated rings. The van der Waals surface area contributed by atoms with E-state index in [0.29, 0.717) is 10.6 Å². The molecule has 0 aliphatic carbocycles. The Balaban J connectivity index is 2.35. The van der Waals surface area contributed by atoms with E-state index in [2.05, 4.69) is 18.3 Å². The minimum atomic E-state index is 0.677. The highest BCUT2D eigenvalue weighted by molar-refractivity contribution is 7.99. The molecule has 0 heterocycles. The molecule has 0 aromatic heterocycles. The lowest BCUT2D eigenvalue weighted by molar-refractivity contribution is 1.34. The van der Waals surface area contributed by atoms with E-state index in [1.165, 1.54) is 0 Å². The van der Waals surface area contributed by atoms with Gasteiger partial charge in [-0.15, -0.1) is 11.8 Å². The van der Waals surface area contributed by atoms with Crippen molar-refractivity contribution in [2.45, 2.75) is 18.7 Å². The summed E-state index contributed by atoms with van der Waals surface area (Å²) in [7, 11) is 0. The molecule has 2 rings (SSSR count). The molecule has 0 atom stereocenters. The van der Waals surface area contributed by atoms with Gasteiger partial charge >= 0.3 is 0 Å².